The summed E-state index contributed by atoms with van der Waals surface area (Å²) in [6.07, 6.45) is 0. The van der Waals surface area contributed by atoms with Gasteiger partial charge in [-0.3, -0.25) is 9.36 Å². The molecular formula is C15H17N5OS. The minimum Gasteiger partial charge on any atom is -0.347 e. The quantitative estimate of drug-likeness (QED) is 0.787. The molecule has 1 aromatic carbocycles. The molecule has 0 atom stereocenters. The number of aryl methyl sites for hydroxylation is 1. The Bertz CT molecular complexity index is 717. The topological polar surface area (TPSA) is 74.8 Å². The lowest BCUT2D eigenvalue weighted by Crippen LogP contribution is -2.27. The van der Waals surface area contributed by atoms with Gasteiger partial charge in [0.25, 0.3) is 0 Å². The molecule has 0 aliphatic rings. The van der Waals surface area contributed by atoms with Gasteiger partial charge in [0.2, 0.25) is 5.91 Å². The number of nitriles is 1. The van der Waals surface area contributed by atoms with Crippen molar-refractivity contribution >= 4 is 17.7 Å². The normalized spacial score (nSPS) is 10.3. The number of carbonyl (C=O) groups excluding carboxylic acids is 1. The van der Waals surface area contributed by atoms with Gasteiger partial charge in [0.05, 0.1) is 11.6 Å². The molecule has 0 spiro atoms. The number of amides is 1. The summed E-state index contributed by atoms with van der Waals surface area (Å²) in [5.41, 5.74) is 1.60. The molecule has 22 heavy (non-hydrogen) atoms. The largest absolute Gasteiger partial charge is 0.347 e. The standard InChI is InChI=1S/C15H17N5OS/c1-11-17-18-15(20(11)9-14(21)19(2)3)22-10-13-7-5-4-6-12(13)8-16/h4-7H,9-10H2,1-3H3. The summed E-state index contributed by atoms with van der Waals surface area (Å²) in [6.45, 7) is 2.04. The lowest BCUT2D eigenvalue weighted by molar-refractivity contribution is -0.129. The smallest absolute Gasteiger partial charge is 0.242 e. The fraction of sp³-hybridized carbons (Fsp3) is 0.333. The van der Waals surface area contributed by atoms with Crippen molar-refractivity contribution in [2.75, 3.05) is 14.1 Å². The molecule has 1 amide bonds. The van der Waals surface area contributed by atoms with Crippen LogP contribution in [0.15, 0.2) is 29.4 Å². The van der Waals surface area contributed by atoms with Crippen LogP contribution in [0.1, 0.15) is 17.0 Å². The van der Waals surface area contributed by atoms with Crippen molar-refractivity contribution < 1.29 is 4.79 Å². The molecule has 114 valence electrons. The van der Waals surface area contributed by atoms with Crippen molar-refractivity contribution in [3.8, 4) is 6.07 Å². The third kappa shape index (κ3) is 3.65. The van der Waals surface area contributed by atoms with Crippen LogP contribution < -0.4 is 0 Å². The van der Waals surface area contributed by atoms with Crippen molar-refractivity contribution in [3.63, 3.8) is 0 Å². The Labute approximate surface area is 133 Å². The van der Waals surface area contributed by atoms with Gasteiger partial charge in [-0.05, 0) is 18.6 Å². The molecular weight excluding hydrogens is 298 g/mol. The van der Waals surface area contributed by atoms with Gasteiger partial charge in [0, 0.05) is 19.8 Å². The Balaban J connectivity index is 2.14. The molecule has 0 aliphatic carbocycles. The second kappa shape index (κ2) is 7.09. The Morgan fingerprint density at radius 2 is 2.09 bits per heavy atom. The summed E-state index contributed by atoms with van der Waals surface area (Å²) < 4.78 is 1.79. The van der Waals surface area contributed by atoms with Crippen molar-refractivity contribution in [2.24, 2.45) is 0 Å². The van der Waals surface area contributed by atoms with Crippen LogP contribution in [0, 0.1) is 18.3 Å². The number of hydrogen-bond donors (Lipinski definition) is 0. The molecule has 0 aliphatic heterocycles. The third-order valence-electron chi connectivity index (χ3n) is 3.19. The first-order valence-corrected chi connectivity index (χ1v) is 7.72. The number of aromatic nitrogens is 3. The number of likely N-dealkylation sites (N-methyl/N-ethyl adjacent to an activating group) is 1. The van der Waals surface area contributed by atoms with E-state index in [-0.39, 0.29) is 12.5 Å². The van der Waals surface area contributed by atoms with Crippen LogP contribution in [-0.2, 0) is 17.1 Å². The molecule has 6 nitrogen and oxygen atoms in total. The minimum atomic E-state index is -0.0119. The number of thioether (sulfide) groups is 1. The van der Waals surface area contributed by atoms with Gasteiger partial charge in [-0.25, -0.2) is 0 Å². The summed E-state index contributed by atoms with van der Waals surface area (Å²) in [7, 11) is 3.44. The number of rotatable bonds is 5. The van der Waals surface area contributed by atoms with Crippen molar-refractivity contribution in [1.29, 1.82) is 5.26 Å². The molecule has 0 bridgehead atoms. The first-order valence-electron chi connectivity index (χ1n) is 6.73. The lowest BCUT2D eigenvalue weighted by Gasteiger charge is -2.13. The van der Waals surface area contributed by atoms with E-state index < -0.39 is 0 Å². The van der Waals surface area contributed by atoms with E-state index in [1.807, 2.05) is 25.1 Å². The number of hydrogen-bond acceptors (Lipinski definition) is 5. The van der Waals surface area contributed by atoms with Crippen LogP contribution in [0.4, 0.5) is 0 Å². The summed E-state index contributed by atoms with van der Waals surface area (Å²) in [5.74, 6) is 1.30. The van der Waals surface area contributed by atoms with Gasteiger partial charge in [-0.15, -0.1) is 10.2 Å². The molecule has 1 heterocycles. The SMILES string of the molecule is Cc1nnc(SCc2ccccc2C#N)n1CC(=O)N(C)C. The number of nitrogens with zero attached hydrogens (tertiary/aromatic N) is 5. The summed E-state index contributed by atoms with van der Waals surface area (Å²) in [6, 6.07) is 9.64. The first-order chi connectivity index (χ1) is 10.5. The first kappa shape index (κ1) is 16.0. The maximum absolute atomic E-state index is 11.9. The second-order valence-electron chi connectivity index (χ2n) is 4.96. The van der Waals surface area contributed by atoms with Crippen LogP contribution >= 0.6 is 11.8 Å². The molecule has 1 aromatic heterocycles. The maximum Gasteiger partial charge on any atom is 0.242 e. The Hall–Kier alpha value is -2.33. The zero-order chi connectivity index (χ0) is 16.1. The van der Waals surface area contributed by atoms with Crippen LogP contribution in [0.25, 0.3) is 0 Å². The average molecular weight is 315 g/mol. The Morgan fingerprint density at radius 1 is 1.36 bits per heavy atom. The second-order valence-corrected chi connectivity index (χ2v) is 5.90. The van der Waals surface area contributed by atoms with E-state index in [2.05, 4.69) is 16.3 Å². The van der Waals surface area contributed by atoms with Gasteiger partial charge < -0.3 is 4.90 Å². The van der Waals surface area contributed by atoms with Gasteiger partial charge in [-0.1, -0.05) is 30.0 Å². The molecule has 0 unspecified atom stereocenters. The van der Waals surface area contributed by atoms with Gasteiger partial charge in [-0.2, -0.15) is 5.26 Å². The highest BCUT2D eigenvalue weighted by molar-refractivity contribution is 7.98. The van der Waals surface area contributed by atoms with E-state index in [1.165, 1.54) is 11.8 Å². The van der Waals surface area contributed by atoms with Crippen molar-refractivity contribution in [1.82, 2.24) is 19.7 Å². The molecule has 0 fully saturated rings. The molecule has 0 saturated carbocycles. The van der Waals surface area contributed by atoms with E-state index in [9.17, 15) is 4.79 Å². The molecule has 2 rings (SSSR count). The van der Waals surface area contributed by atoms with Gasteiger partial charge in [0.15, 0.2) is 5.16 Å². The maximum atomic E-state index is 11.9. The van der Waals surface area contributed by atoms with Crippen LogP contribution in [0.3, 0.4) is 0 Å². The summed E-state index contributed by atoms with van der Waals surface area (Å²) >= 11 is 1.47. The Kier molecular flexibility index (Phi) is 5.17. The summed E-state index contributed by atoms with van der Waals surface area (Å²) in [4.78, 5) is 13.4. The highest BCUT2D eigenvalue weighted by atomic mass is 32.2. The predicted octanol–water partition coefficient (Wildman–Crippen LogP) is 1.84. The monoisotopic (exact) mass is 315 g/mol. The third-order valence-corrected chi connectivity index (χ3v) is 4.20. The summed E-state index contributed by atoms with van der Waals surface area (Å²) in [5, 5.41) is 18.0. The average Bonchev–Trinajstić information content (AvgIpc) is 2.86. The van der Waals surface area contributed by atoms with E-state index in [4.69, 9.17) is 5.26 Å². The van der Waals surface area contributed by atoms with Crippen molar-refractivity contribution in [2.45, 2.75) is 24.4 Å². The van der Waals surface area contributed by atoms with E-state index in [1.54, 1.807) is 29.6 Å². The number of carbonyl (C=O) groups is 1. The highest BCUT2D eigenvalue weighted by Crippen LogP contribution is 2.23. The predicted molar refractivity (Wildman–Crippen MR) is 84.2 cm³/mol. The molecule has 0 radical (unpaired) electrons. The van der Waals surface area contributed by atoms with E-state index in [0.29, 0.717) is 22.3 Å². The zero-order valence-corrected chi connectivity index (χ0v) is 13.6. The van der Waals surface area contributed by atoms with E-state index in [0.717, 1.165) is 5.56 Å². The molecule has 7 heteroatoms. The van der Waals surface area contributed by atoms with Gasteiger partial charge >= 0.3 is 0 Å². The lowest BCUT2D eigenvalue weighted by atomic mass is 10.1. The van der Waals surface area contributed by atoms with E-state index >= 15 is 0 Å². The molecule has 0 N–H and O–H groups in total. The molecule has 2 aromatic rings. The van der Waals surface area contributed by atoms with Crippen LogP contribution in [0.5, 0.6) is 0 Å². The van der Waals surface area contributed by atoms with Crippen molar-refractivity contribution in [3.05, 3.63) is 41.2 Å². The minimum absolute atomic E-state index is 0.0119. The number of benzene rings is 1. The Morgan fingerprint density at radius 3 is 2.77 bits per heavy atom. The van der Waals surface area contributed by atoms with Crippen LogP contribution in [0.2, 0.25) is 0 Å². The highest BCUT2D eigenvalue weighted by Gasteiger charge is 2.14. The fourth-order valence-electron chi connectivity index (χ4n) is 1.82. The fourth-order valence-corrected chi connectivity index (χ4v) is 2.81. The zero-order valence-electron chi connectivity index (χ0n) is 12.8. The molecule has 0 saturated heterocycles. The van der Waals surface area contributed by atoms with Crippen LogP contribution in [-0.4, -0.2) is 39.7 Å². The van der Waals surface area contributed by atoms with Gasteiger partial charge in [0.1, 0.15) is 12.4 Å².